The number of ether oxygens (including phenoxy) is 3. The van der Waals surface area contributed by atoms with Gasteiger partial charge in [0.25, 0.3) is 0 Å². The maximum absolute atomic E-state index is 11.9. The Morgan fingerprint density at radius 2 is 1.44 bits per heavy atom. The predicted molar refractivity (Wildman–Crippen MR) is 125 cm³/mol. The van der Waals surface area contributed by atoms with E-state index in [0.717, 1.165) is 12.8 Å². The Balaban J connectivity index is 4.10. The SMILES string of the molecule is CCCCCOC(=O)CS(=O)(=O)CCCOC(=O)NS(=O)(=O)NCCOC(=O)C[C@H](C)C(C)C. The smallest absolute Gasteiger partial charge is 0.421 e. The van der Waals surface area contributed by atoms with Crippen molar-refractivity contribution >= 4 is 38.1 Å². The van der Waals surface area contributed by atoms with Crippen LogP contribution in [0.15, 0.2) is 0 Å². The standard InChI is InChI=1S/C20H38N2O10S2/c1-5-6-7-10-30-19(24)15-33(26,27)13-8-11-32-20(25)22-34(28,29)21-9-12-31-18(23)14-17(4)16(2)3/h16-17,21H,5-15H2,1-4H3,(H,22,25)/t17-/m0/s1. The van der Waals surface area contributed by atoms with Crippen molar-refractivity contribution in [3.63, 3.8) is 0 Å². The fourth-order valence-electron chi connectivity index (χ4n) is 2.35. The van der Waals surface area contributed by atoms with Crippen molar-refractivity contribution in [3.8, 4) is 0 Å². The lowest BCUT2D eigenvalue weighted by Gasteiger charge is -2.14. The number of hydrogen-bond donors (Lipinski definition) is 2. The molecule has 0 rings (SSSR count). The largest absolute Gasteiger partial charge is 0.465 e. The summed E-state index contributed by atoms with van der Waals surface area (Å²) in [7, 11) is -8.00. The van der Waals surface area contributed by atoms with Crippen molar-refractivity contribution < 1.29 is 45.4 Å². The maximum Gasteiger partial charge on any atom is 0.421 e. The number of nitrogens with one attached hydrogen (secondary N) is 2. The summed E-state index contributed by atoms with van der Waals surface area (Å²) in [6, 6.07) is 0. The molecule has 200 valence electrons. The Morgan fingerprint density at radius 3 is 2.06 bits per heavy atom. The molecule has 0 saturated carbocycles. The van der Waals surface area contributed by atoms with Crippen molar-refractivity contribution in [1.29, 1.82) is 0 Å². The molecule has 0 aromatic rings. The molecule has 12 nitrogen and oxygen atoms in total. The molecule has 0 unspecified atom stereocenters. The highest BCUT2D eigenvalue weighted by Gasteiger charge is 2.19. The van der Waals surface area contributed by atoms with E-state index in [4.69, 9.17) is 9.47 Å². The molecule has 0 aromatic carbocycles. The Labute approximate surface area is 202 Å². The molecular weight excluding hydrogens is 492 g/mol. The minimum Gasteiger partial charge on any atom is -0.465 e. The zero-order chi connectivity index (χ0) is 26.2. The van der Waals surface area contributed by atoms with Crippen LogP contribution in [0.25, 0.3) is 0 Å². The number of sulfone groups is 1. The van der Waals surface area contributed by atoms with E-state index >= 15 is 0 Å². The van der Waals surface area contributed by atoms with Crippen molar-refractivity contribution in [2.75, 3.05) is 37.9 Å². The number of carbonyl (C=O) groups is 3. The summed E-state index contributed by atoms with van der Waals surface area (Å²) < 4.78 is 65.4. The molecule has 0 fully saturated rings. The summed E-state index contributed by atoms with van der Waals surface area (Å²) >= 11 is 0. The first-order chi connectivity index (χ1) is 15.8. The van der Waals surface area contributed by atoms with Crippen LogP contribution in [0, 0.1) is 11.8 Å². The van der Waals surface area contributed by atoms with Crippen LogP contribution in [0.3, 0.4) is 0 Å². The van der Waals surface area contributed by atoms with Gasteiger partial charge in [-0.05, 0) is 24.7 Å². The molecule has 0 aromatic heterocycles. The molecule has 0 radical (unpaired) electrons. The minimum absolute atomic E-state index is 0.125. The Bertz CT molecular complexity index is 841. The highest BCUT2D eigenvalue weighted by atomic mass is 32.2. The molecule has 0 saturated heterocycles. The lowest BCUT2D eigenvalue weighted by atomic mass is 9.95. The summed E-state index contributed by atoms with van der Waals surface area (Å²) in [4.78, 5) is 34.8. The summed E-state index contributed by atoms with van der Waals surface area (Å²) in [5.74, 6) is -2.07. The molecule has 0 aliphatic rings. The Kier molecular flexibility index (Phi) is 15.7. The van der Waals surface area contributed by atoms with Crippen LogP contribution in [0.4, 0.5) is 4.79 Å². The second kappa shape index (κ2) is 16.7. The molecule has 0 bridgehead atoms. The maximum atomic E-state index is 11.9. The number of esters is 2. The zero-order valence-electron chi connectivity index (χ0n) is 20.3. The van der Waals surface area contributed by atoms with Crippen LogP contribution in [0.2, 0.25) is 0 Å². The third kappa shape index (κ3) is 17.5. The van der Waals surface area contributed by atoms with Gasteiger partial charge in [0, 0.05) is 13.0 Å². The van der Waals surface area contributed by atoms with E-state index in [1.807, 2.05) is 32.4 Å². The van der Waals surface area contributed by atoms with Gasteiger partial charge in [-0.1, -0.05) is 40.5 Å². The molecule has 0 heterocycles. The first-order valence-electron chi connectivity index (χ1n) is 11.2. The van der Waals surface area contributed by atoms with E-state index < -0.39 is 49.6 Å². The second-order valence-corrected chi connectivity index (χ2v) is 11.8. The first kappa shape index (κ1) is 32.1. The zero-order valence-corrected chi connectivity index (χ0v) is 22.0. The Morgan fingerprint density at radius 1 is 0.824 bits per heavy atom. The molecule has 0 aliphatic heterocycles. The van der Waals surface area contributed by atoms with Crippen LogP contribution in [0.5, 0.6) is 0 Å². The quantitative estimate of drug-likeness (QED) is 0.149. The molecule has 34 heavy (non-hydrogen) atoms. The summed E-state index contributed by atoms with van der Waals surface area (Å²) in [6.07, 6.45) is 1.25. The van der Waals surface area contributed by atoms with Gasteiger partial charge < -0.3 is 14.2 Å². The van der Waals surface area contributed by atoms with Crippen LogP contribution in [0.1, 0.15) is 59.8 Å². The normalized spacial score (nSPS) is 12.7. The number of rotatable bonds is 18. The number of hydrogen-bond acceptors (Lipinski definition) is 10. The number of amides is 1. The van der Waals surface area contributed by atoms with Gasteiger partial charge in [-0.25, -0.2) is 17.9 Å². The van der Waals surface area contributed by atoms with E-state index in [0.29, 0.717) is 12.3 Å². The molecule has 14 heteroatoms. The van der Waals surface area contributed by atoms with Gasteiger partial charge in [0.05, 0.1) is 19.0 Å². The van der Waals surface area contributed by atoms with Gasteiger partial charge in [-0.15, -0.1) is 0 Å². The number of carbonyl (C=O) groups excluding carboxylic acids is 3. The molecule has 0 aliphatic carbocycles. The third-order valence-corrected chi connectivity index (χ3v) is 7.29. The topological polar surface area (TPSA) is 171 Å². The highest BCUT2D eigenvalue weighted by Crippen LogP contribution is 2.14. The predicted octanol–water partition coefficient (Wildman–Crippen LogP) is 1.31. The van der Waals surface area contributed by atoms with E-state index in [1.54, 1.807) is 4.72 Å². The average molecular weight is 531 g/mol. The lowest BCUT2D eigenvalue weighted by molar-refractivity contribution is -0.144. The van der Waals surface area contributed by atoms with Gasteiger partial charge in [-0.2, -0.15) is 13.1 Å². The van der Waals surface area contributed by atoms with Crippen LogP contribution < -0.4 is 9.44 Å². The van der Waals surface area contributed by atoms with E-state index in [2.05, 4.69) is 4.74 Å². The second-order valence-electron chi connectivity index (χ2n) is 8.15. The van der Waals surface area contributed by atoms with Crippen molar-refractivity contribution in [3.05, 3.63) is 0 Å². The third-order valence-electron chi connectivity index (χ3n) is 4.68. The van der Waals surface area contributed by atoms with Crippen LogP contribution >= 0.6 is 0 Å². The summed E-state index contributed by atoms with van der Waals surface area (Å²) in [5.41, 5.74) is 0. The van der Waals surface area contributed by atoms with Gasteiger partial charge in [0.2, 0.25) is 0 Å². The summed E-state index contributed by atoms with van der Waals surface area (Å²) in [6.45, 7) is 7.16. The fraction of sp³-hybridized carbons (Fsp3) is 0.850. The summed E-state index contributed by atoms with van der Waals surface area (Å²) in [5, 5.41) is 0. The fourth-order valence-corrected chi connectivity index (χ4v) is 4.20. The van der Waals surface area contributed by atoms with Crippen LogP contribution in [-0.4, -0.2) is 72.7 Å². The van der Waals surface area contributed by atoms with E-state index in [-0.39, 0.29) is 45.1 Å². The lowest BCUT2D eigenvalue weighted by Crippen LogP contribution is -2.42. The number of unbranched alkanes of at least 4 members (excludes halogenated alkanes) is 2. The van der Waals surface area contributed by atoms with Gasteiger partial charge in [-0.3, -0.25) is 9.59 Å². The van der Waals surface area contributed by atoms with Gasteiger partial charge in [0.15, 0.2) is 9.84 Å². The van der Waals surface area contributed by atoms with Crippen molar-refractivity contribution in [2.24, 2.45) is 11.8 Å². The minimum atomic E-state index is -4.26. The van der Waals surface area contributed by atoms with Gasteiger partial charge in [0.1, 0.15) is 12.4 Å². The van der Waals surface area contributed by atoms with Crippen molar-refractivity contribution in [1.82, 2.24) is 9.44 Å². The van der Waals surface area contributed by atoms with Crippen molar-refractivity contribution in [2.45, 2.75) is 59.8 Å². The molecular formula is C20H38N2O10S2. The molecule has 1 amide bonds. The van der Waals surface area contributed by atoms with Crippen LogP contribution in [-0.2, 0) is 43.8 Å². The van der Waals surface area contributed by atoms with E-state index in [9.17, 15) is 31.2 Å². The average Bonchev–Trinajstić information content (AvgIpc) is 2.71. The molecule has 1 atom stereocenters. The molecule has 2 N–H and O–H groups in total. The van der Waals surface area contributed by atoms with E-state index in [1.165, 1.54) is 0 Å². The monoisotopic (exact) mass is 530 g/mol. The molecule has 0 spiro atoms. The highest BCUT2D eigenvalue weighted by molar-refractivity contribution is 7.92. The first-order valence-corrected chi connectivity index (χ1v) is 14.5. The van der Waals surface area contributed by atoms with Gasteiger partial charge >= 0.3 is 28.2 Å². The Hall–Kier alpha value is -1.93.